The zero-order valence-corrected chi connectivity index (χ0v) is 15.8. The highest BCUT2D eigenvalue weighted by Gasteiger charge is 2.01. The van der Waals surface area contributed by atoms with Gasteiger partial charge >= 0.3 is 0 Å². The van der Waals surface area contributed by atoms with E-state index in [0.717, 1.165) is 19.0 Å². The highest BCUT2D eigenvalue weighted by Crippen LogP contribution is 2.13. The van der Waals surface area contributed by atoms with Crippen LogP contribution in [0.15, 0.2) is 24.3 Å². The van der Waals surface area contributed by atoms with E-state index in [4.69, 9.17) is 0 Å². The minimum absolute atomic E-state index is 0.863. The van der Waals surface area contributed by atoms with Crippen molar-refractivity contribution in [3.05, 3.63) is 35.4 Å². The lowest BCUT2D eigenvalue weighted by atomic mass is 9.99. The van der Waals surface area contributed by atoms with E-state index in [0.29, 0.717) is 0 Å². The van der Waals surface area contributed by atoms with E-state index in [1.54, 1.807) is 0 Å². The molecule has 0 heterocycles. The van der Waals surface area contributed by atoms with E-state index in [1.165, 1.54) is 56.1 Å². The molecule has 0 bridgehead atoms. The van der Waals surface area contributed by atoms with Crippen LogP contribution in [-0.4, -0.2) is 6.54 Å². The van der Waals surface area contributed by atoms with E-state index in [9.17, 15) is 0 Å². The van der Waals surface area contributed by atoms with Crippen LogP contribution in [0.1, 0.15) is 83.8 Å². The average molecular weight is 306 g/mol. The summed E-state index contributed by atoms with van der Waals surface area (Å²) in [6.07, 6.45) is 9.73. The van der Waals surface area contributed by atoms with Crippen LogP contribution < -0.4 is 5.32 Å². The van der Waals surface area contributed by atoms with Crippen molar-refractivity contribution >= 4 is 0 Å². The zero-order valence-electron chi connectivity index (χ0n) is 15.8. The fourth-order valence-electron chi connectivity index (χ4n) is 2.53. The van der Waals surface area contributed by atoms with Crippen molar-refractivity contribution in [1.82, 2.24) is 5.32 Å². The summed E-state index contributed by atoms with van der Waals surface area (Å²) in [5.41, 5.74) is 2.73. The molecule has 0 aliphatic carbocycles. The summed E-state index contributed by atoms with van der Waals surface area (Å²) in [6, 6.07) is 8.82. The Bertz CT molecular complexity index is 328. The Morgan fingerprint density at radius 1 is 0.909 bits per heavy atom. The van der Waals surface area contributed by atoms with Gasteiger partial charge < -0.3 is 5.32 Å². The minimum Gasteiger partial charge on any atom is -0.313 e. The highest BCUT2D eigenvalue weighted by molar-refractivity contribution is 5.20. The van der Waals surface area contributed by atoms with Gasteiger partial charge in [-0.25, -0.2) is 0 Å². The monoisotopic (exact) mass is 305 g/mol. The summed E-state index contributed by atoms with van der Waals surface area (Å²) < 4.78 is 0. The fourth-order valence-corrected chi connectivity index (χ4v) is 2.53. The van der Waals surface area contributed by atoms with Gasteiger partial charge in [-0.2, -0.15) is 0 Å². The molecule has 0 amide bonds. The van der Waals surface area contributed by atoms with Gasteiger partial charge in [0.15, 0.2) is 0 Å². The molecule has 0 aliphatic heterocycles. The maximum Gasteiger partial charge on any atom is 0.0205 e. The number of benzene rings is 1. The van der Waals surface area contributed by atoms with Gasteiger partial charge in [-0.3, -0.25) is 0 Å². The second-order valence-corrected chi connectivity index (χ2v) is 6.26. The van der Waals surface area contributed by atoms with E-state index in [-0.39, 0.29) is 0 Å². The normalized spacial score (nSPS) is 11.7. The van der Waals surface area contributed by atoms with Crippen molar-refractivity contribution in [3.63, 3.8) is 0 Å². The zero-order chi connectivity index (χ0) is 16.6. The van der Waals surface area contributed by atoms with Crippen LogP contribution in [0.4, 0.5) is 0 Å². The molecular weight excluding hydrogens is 266 g/mol. The van der Waals surface area contributed by atoms with E-state index < -0.39 is 0 Å². The summed E-state index contributed by atoms with van der Waals surface area (Å²) in [6.45, 7) is 13.0. The Kier molecular flexibility index (Phi) is 14.5. The predicted molar refractivity (Wildman–Crippen MR) is 101 cm³/mol. The number of aryl methyl sites for hydroxylation is 1. The third-order valence-electron chi connectivity index (χ3n) is 4.06. The first-order chi connectivity index (χ1) is 10.7. The van der Waals surface area contributed by atoms with Crippen LogP contribution in [0.2, 0.25) is 0 Å². The summed E-state index contributed by atoms with van der Waals surface area (Å²) in [5, 5.41) is 3.56. The van der Waals surface area contributed by atoms with Crippen LogP contribution in [0.25, 0.3) is 0 Å². The summed E-state index contributed by atoms with van der Waals surface area (Å²) >= 11 is 0. The smallest absolute Gasteiger partial charge is 0.0205 e. The van der Waals surface area contributed by atoms with Crippen LogP contribution in [0, 0.1) is 12.8 Å². The van der Waals surface area contributed by atoms with Gasteiger partial charge in [-0.15, -0.1) is 0 Å². The first-order valence-corrected chi connectivity index (χ1v) is 9.48. The van der Waals surface area contributed by atoms with Crippen LogP contribution >= 0.6 is 0 Å². The molecule has 0 fully saturated rings. The van der Waals surface area contributed by atoms with Crippen LogP contribution in [-0.2, 0) is 6.54 Å². The van der Waals surface area contributed by atoms with Gasteiger partial charge in [0.05, 0.1) is 0 Å². The molecule has 1 unspecified atom stereocenters. The SMILES string of the molecule is CC.CCCCCCCC(C)CCNCc1ccc(C)cc1. The number of unbranched alkanes of at least 4 members (excludes halogenated alkanes) is 4. The molecule has 1 nitrogen and oxygen atoms in total. The second-order valence-electron chi connectivity index (χ2n) is 6.26. The molecule has 1 heteroatoms. The summed E-state index contributed by atoms with van der Waals surface area (Å²) in [5.74, 6) is 0.863. The molecule has 1 aromatic carbocycles. The van der Waals surface area contributed by atoms with Crippen molar-refractivity contribution in [2.75, 3.05) is 6.54 Å². The number of rotatable bonds is 11. The molecule has 0 spiro atoms. The van der Waals surface area contributed by atoms with Gasteiger partial charge in [0.1, 0.15) is 0 Å². The molecule has 0 saturated heterocycles. The molecule has 0 radical (unpaired) electrons. The van der Waals surface area contributed by atoms with E-state index in [2.05, 4.69) is 50.4 Å². The lowest BCUT2D eigenvalue weighted by Crippen LogP contribution is -2.17. The largest absolute Gasteiger partial charge is 0.313 e. The van der Waals surface area contributed by atoms with E-state index in [1.807, 2.05) is 13.8 Å². The lowest BCUT2D eigenvalue weighted by Gasteiger charge is -2.12. The Labute approximate surface area is 139 Å². The minimum atomic E-state index is 0.863. The molecule has 1 rings (SSSR count). The lowest BCUT2D eigenvalue weighted by molar-refractivity contribution is 0.443. The average Bonchev–Trinajstić information content (AvgIpc) is 2.55. The maximum atomic E-state index is 3.56. The first-order valence-electron chi connectivity index (χ1n) is 9.48. The molecule has 0 aliphatic rings. The number of nitrogens with one attached hydrogen (secondary N) is 1. The topological polar surface area (TPSA) is 12.0 Å². The van der Waals surface area contributed by atoms with Gasteiger partial charge in [-0.1, -0.05) is 96.0 Å². The fraction of sp³-hybridized carbons (Fsp3) is 0.714. The third-order valence-corrected chi connectivity index (χ3v) is 4.06. The van der Waals surface area contributed by atoms with Crippen molar-refractivity contribution in [3.8, 4) is 0 Å². The Morgan fingerprint density at radius 2 is 1.55 bits per heavy atom. The molecule has 0 aromatic heterocycles. The number of hydrogen-bond donors (Lipinski definition) is 1. The molecule has 1 atom stereocenters. The summed E-state index contributed by atoms with van der Waals surface area (Å²) in [7, 11) is 0. The van der Waals surface area contributed by atoms with Gasteiger partial charge in [0, 0.05) is 6.54 Å². The molecule has 1 N–H and O–H groups in total. The quantitative estimate of drug-likeness (QED) is 0.460. The number of hydrogen-bond acceptors (Lipinski definition) is 1. The molecule has 128 valence electrons. The standard InChI is InChI=1S/C19H33N.C2H6/c1-4-5-6-7-8-9-17(2)14-15-20-16-19-12-10-18(3)11-13-19;1-2/h10-13,17,20H,4-9,14-16H2,1-3H3;1-2H3. The molecule has 1 aromatic rings. The van der Waals surface area contributed by atoms with E-state index >= 15 is 0 Å². The maximum absolute atomic E-state index is 3.56. The molecule has 22 heavy (non-hydrogen) atoms. The predicted octanol–water partition coefficient (Wildman–Crippen LogP) is 6.50. The van der Waals surface area contributed by atoms with Crippen molar-refractivity contribution in [2.24, 2.45) is 5.92 Å². The van der Waals surface area contributed by atoms with Gasteiger partial charge in [-0.05, 0) is 31.4 Å². The summed E-state index contributed by atoms with van der Waals surface area (Å²) in [4.78, 5) is 0. The van der Waals surface area contributed by atoms with Crippen molar-refractivity contribution < 1.29 is 0 Å². The molecular formula is C21H39N. The van der Waals surface area contributed by atoms with Crippen LogP contribution in [0.5, 0.6) is 0 Å². The van der Waals surface area contributed by atoms with Crippen molar-refractivity contribution in [2.45, 2.75) is 86.1 Å². The third kappa shape index (κ3) is 11.8. The molecule has 0 saturated carbocycles. The Morgan fingerprint density at radius 3 is 2.18 bits per heavy atom. The Hall–Kier alpha value is -0.820. The first kappa shape index (κ1) is 21.2. The van der Waals surface area contributed by atoms with Crippen LogP contribution in [0.3, 0.4) is 0 Å². The van der Waals surface area contributed by atoms with Crippen molar-refractivity contribution in [1.29, 1.82) is 0 Å². The Balaban J connectivity index is 0.00000211. The van der Waals surface area contributed by atoms with Gasteiger partial charge in [0.2, 0.25) is 0 Å². The van der Waals surface area contributed by atoms with Gasteiger partial charge in [0.25, 0.3) is 0 Å². The highest BCUT2D eigenvalue weighted by atomic mass is 14.8. The second kappa shape index (κ2) is 15.1.